The van der Waals surface area contributed by atoms with Gasteiger partial charge < -0.3 is 0 Å². The van der Waals surface area contributed by atoms with Crippen molar-refractivity contribution in [1.29, 1.82) is 0 Å². The summed E-state index contributed by atoms with van der Waals surface area (Å²) in [7, 11) is 0. The fourth-order valence-corrected chi connectivity index (χ4v) is 10.6. The van der Waals surface area contributed by atoms with Gasteiger partial charge in [0.25, 0.3) is 0 Å². The zero-order valence-electron chi connectivity index (χ0n) is 36.1. The van der Waals surface area contributed by atoms with Crippen molar-refractivity contribution in [1.82, 2.24) is 24.5 Å². The molecule has 0 amide bonds. The fourth-order valence-electron chi connectivity index (χ4n) is 10.6. The zero-order chi connectivity index (χ0) is 44.0. The molecule has 5 nitrogen and oxygen atoms in total. The first-order valence-electron chi connectivity index (χ1n) is 22.7. The number of benzene rings is 10. The summed E-state index contributed by atoms with van der Waals surface area (Å²) in [5, 5.41) is 14.1. The number of para-hydroxylation sites is 2. The summed E-state index contributed by atoms with van der Waals surface area (Å²) in [4.78, 5) is 20.7. The molecule has 0 radical (unpaired) electrons. The fraction of sp³-hybridized carbons (Fsp3) is 0. The highest BCUT2D eigenvalue weighted by Crippen LogP contribution is 2.44. The van der Waals surface area contributed by atoms with Gasteiger partial charge in [0.2, 0.25) is 0 Å². The van der Waals surface area contributed by atoms with Gasteiger partial charge in [0.1, 0.15) is 5.82 Å². The molecule has 0 fully saturated rings. The molecule has 310 valence electrons. The molecule has 0 spiro atoms. The number of hydrogen-bond acceptors (Lipinski definition) is 4. The standard InChI is InChI=1S/C62H37N5/c1-2-13-38(14-3-1)42-28-30-57-54(33-42)55-35-52-47-23-7-6-22-46(47)51-34-43(45-24-8-16-39-15-4-5-21-44(39)45)27-29-48(51)53(52)36-58(55)67(57)59-37-56(49-25-9-17-40-19-11-31-63-60(40)49)65-62(66-59)50-26-10-18-41-20-12-32-64-61(41)50/h1-37H. The molecular weight excluding hydrogens is 815 g/mol. The summed E-state index contributed by atoms with van der Waals surface area (Å²) in [6, 6.07) is 76.3. The number of fused-ring (bicyclic) bond motifs is 12. The molecule has 0 aliphatic heterocycles. The van der Waals surface area contributed by atoms with E-state index in [1.54, 1.807) is 0 Å². The van der Waals surface area contributed by atoms with Crippen LogP contribution >= 0.6 is 0 Å². The molecule has 0 saturated heterocycles. The summed E-state index contributed by atoms with van der Waals surface area (Å²) in [5.41, 5.74) is 11.2. The van der Waals surface area contributed by atoms with E-state index in [1.807, 2.05) is 24.5 Å². The van der Waals surface area contributed by atoms with Crippen molar-refractivity contribution < 1.29 is 0 Å². The highest BCUT2D eigenvalue weighted by Gasteiger charge is 2.22. The van der Waals surface area contributed by atoms with Crippen molar-refractivity contribution in [2.45, 2.75) is 0 Å². The third-order valence-corrected chi connectivity index (χ3v) is 13.7. The molecule has 0 unspecified atom stereocenters. The second kappa shape index (κ2) is 14.7. The molecule has 0 atom stereocenters. The van der Waals surface area contributed by atoms with Crippen molar-refractivity contribution >= 4 is 86.7 Å². The second-order valence-electron chi connectivity index (χ2n) is 17.4. The first-order valence-corrected chi connectivity index (χ1v) is 22.7. The van der Waals surface area contributed by atoms with E-state index in [9.17, 15) is 0 Å². The van der Waals surface area contributed by atoms with Crippen molar-refractivity contribution in [3.8, 4) is 50.7 Å². The monoisotopic (exact) mass is 851 g/mol. The second-order valence-corrected chi connectivity index (χ2v) is 17.4. The van der Waals surface area contributed by atoms with E-state index >= 15 is 0 Å². The van der Waals surface area contributed by atoms with Crippen LogP contribution in [0.4, 0.5) is 0 Å². The van der Waals surface area contributed by atoms with Crippen LogP contribution in [-0.2, 0) is 0 Å². The van der Waals surface area contributed by atoms with Crippen LogP contribution in [0, 0.1) is 0 Å². The summed E-state index contributed by atoms with van der Waals surface area (Å²) in [6.07, 6.45) is 3.69. The van der Waals surface area contributed by atoms with Crippen LogP contribution in [0.25, 0.3) is 137 Å². The van der Waals surface area contributed by atoms with Crippen molar-refractivity contribution in [2.75, 3.05) is 0 Å². The van der Waals surface area contributed by atoms with Gasteiger partial charge in [-0.3, -0.25) is 14.5 Å². The van der Waals surface area contributed by atoms with E-state index in [-0.39, 0.29) is 0 Å². The quantitative estimate of drug-likeness (QED) is 0.162. The highest BCUT2D eigenvalue weighted by molar-refractivity contribution is 6.29. The maximum absolute atomic E-state index is 5.54. The lowest BCUT2D eigenvalue weighted by Gasteiger charge is -2.15. The minimum Gasteiger partial charge on any atom is -0.294 e. The van der Waals surface area contributed by atoms with Gasteiger partial charge in [-0.2, -0.15) is 0 Å². The zero-order valence-corrected chi connectivity index (χ0v) is 36.1. The van der Waals surface area contributed by atoms with E-state index in [0.29, 0.717) is 5.82 Å². The number of hydrogen-bond donors (Lipinski definition) is 0. The predicted molar refractivity (Wildman–Crippen MR) is 279 cm³/mol. The molecule has 0 aliphatic carbocycles. The lowest BCUT2D eigenvalue weighted by molar-refractivity contribution is 1.05. The summed E-state index contributed by atoms with van der Waals surface area (Å²) in [5.74, 6) is 1.36. The third kappa shape index (κ3) is 5.88. The van der Waals surface area contributed by atoms with Crippen LogP contribution in [-0.4, -0.2) is 24.5 Å². The van der Waals surface area contributed by atoms with Crippen LogP contribution in [0.5, 0.6) is 0 Å². The Labute approximate surface area is 384 Å². The molecular formula is C62H37N5. The van der Waals surface area contributed by atoms with Crippen molar-refractivity contribution in [3.05, 3.63) is 225 Å². The lowest BCUT2D eigenvalue weighted by Crippen LogP contribution is -2.03. The van der Waals surface area contributed by atoms with Crippen LogP contribution in [0.1, 0.15) is 0 Å². The summed E-state index contributed by atoms with van der Waals surface area (Å²) in [6.45, 7) is 0. The molecule has 0 aliphatic rings. The number of pyridine rings is 2. The Morgan fingerprint density at radius 2 is 0.866 bits per heavy atom. The molecule has 0 N–H and O–H groups in total. The Hall–Kier alpha value is -9.06. The number of aromatic nitrogens is 5. The molecule has 4 aromatic heterocycles. The van der Waals surface area contributed by atoms with E-state index in [4.69, 9.17) is 19.9 Å². The molecule has 5 heteroatoms. The number of nitrogens with zero attached hydrogens (tertiary/aromatic N) is 5. The minimum absolute atomic E-state index is 0.596. The Morgan fingerprint density at radius 3 is 1.66 bits per heavy atom. The number of rotatable bonds is 5. The maximum Gasteiger partial charge on any atom is 0.164 e. The van der Waals surface area contributed by atoms with Gasteiger partial charge in [0, 0.05) is 51.1 Å². The van der Waals surface area contributed by atoms with E-state index in [2.05, 4.69) is 205 Å². The molecule has 14 aromatic rings. The van der Waals surface area contributed by atoms with Gasteiger partial charge in [-0.1, -0.05) is 158 Å². The average molecular weight is 852 g/mol. The normalized spacial score (nSPS) is 11.9. The van der Waals surface area contributed by atoms with Crippen LogP contribution in [0.2, 0.25) is 0 Å². The SMILES string of the molecule is c1ccc(-c2ccc3c(c2)c2cc4c5ccccc5c5cc(-c6cccc7ccccc67)ccc5c4cc2n3-c2cc(-c3cccc4cccnc34)nc(-c3cccc4cccnc34)n2)cc1. The summed E-state index contributed by atoms with van der Waals surface area (Å²) >= 11 is 0. The average Bonchev–Trinajstić information content (AvgIpc) is 3.72. The third-order valence-electron chi connectivity index (χ3n) is 13.7. The highest BCUT2D eigenvalue weighted by atomic mass is 15.1. The molecule has 14 rings (SSSR count). The predicted octanol–water partition coefficient (Wildman–Crippen LogP) is 16.0. The van der Waals surface area contributed by atoms with Crippen LogP contribution in [0.15, 0.2) is 225 Å². The lowest BCUT2D eigenvalue weighted by atomic mass is 9.90. The summed E-state index contributed by atoms with van der Waals surface area (Å²) < 4.78 is 2.34. The largest absolute Gasteiger partial charge is 0.294 e. The minimum atomic E-state index is 0.596. The van der Waals surface area contributed by atoms with E-state index in [0.717, 1.165) is 71.8 Å². The molecule has 67 heavy (non-hydrogen) atoms. The molecule has 0 saturated carbocycles. The Morgan fingerprint density at radius 1 is 0.299 bits per heavy atom. The first-order chi connectivity index (χ1) is 33.2. The van der Waals surface area contributed by atoms with Gasteiger partial charge in [0.05, 0.1) is 27.8 Å². The van der Waals surface area contributed by atoms with E-state index in [1.165, 1.54) is 59.8 Å². The molecule has 10 aromatic carbocycles. The molecule has 0 bridgehead atoms. The topological polar surface area (TPSA) is 56.5 Å². The van der Waals surface area contributed by atoms with Gasteiger partial charge in [0.15, 0.2) is 5.82 Å². The first kappa shape index (κ1) is 37.3. The smallest absolute Gasteiger partial charge is 0.164 e. The molecule has 4 heterocycles. The van der Waals surface area contributed by atoms with Gasteiger partial charge >= 0.3 is 0 Å². The maximum atomic E-state index is 5.54. The van der Waals surface area contributed by atoms with Gasteiger partial charge in [-0.25, -0.2) is 9.97 Å². The van der Waals surface area contributed by atoms with Crippen LogP contribution in [0.3, 0.4) is 0 Å². The Bertz CT molecular complexity index is 4230. The van der Waals surface area contributed by atoms with Gasteiger partial charge in [-0.05, 0) is 114 Å². The van der Waals surface area contributed by atoms with Crippen LogP contribution < -0.4 is 0 Å². The van der Waals surface area contributed by atoms with E-state index < -0.39 is 0 Å². The van der Waals surface area contributed by atoms with Crippen molar-refractivity contribution in [3.63, 3.8) is 0 Å². The van der Waals surface area contributed by atoms with Crippen molar-refractivity contribution in [2.24, 2.45) is 0 Å². The Balaban J connectivity index is 1.10. The van der Waals surface area contributed by atoms with Gasteiger partial charge in [-0.15, -0.1) is 0 Å². The Kier molecular flexibility index (Phi) is 8.21.